The summed E-state index contributed by atoms with van der Waals surface area (Å²) in [5.74, 6) is -0.137. The van der Waals surface area contributed by atoms with E-state index in [9.17, 15) is 13.2 Å². The Morgan fingerprint density at radius 1 is 1.32 bits per heavy atom. The van der Waals surface area contributed by atoms with Crippen molar-refractivity contribution < 1.29 is 13.2 Å². The fraction of sp³-hybridized carbons (Fsp3) is 0.294. The molecule has 1 saturated heterocycles. The van der Waals surface area contributed by atoms with Crippen LogP contribution < -0.4 is 5.32 Å². The average Bonchev–Trinajstić information content (AvgIpc) is 3.25. The maximum atomic E-state index is 12.6. The predicted molar refractivity (Wildman–Crippen MR) is 98.1 cm³/mol. The molecule has 8 heteroatoms. The van der Waals surface area contributed by atoms with E-state index < -0.39 is 15.4 Å². The van der Waals surface area contributed by atoms with E-state index in [0.29, 0.717) is 12.0 Å². The lowest BCUT2D eigenvalue weighted by molar-refractivity contribution is 0.0915. The third-order valence-electron chi connectivity index (χ3n) is 4.38. The summed E-state index contributed by atoms with van der Waals surface area (Å²) in [6, 6.07) is 9.22. The molecule has 1 amide bonds. The van der Waals surface area contributed by atoms with Crippen LogP contribution in [0.4, 0.5) is 0 Å². The van der Waals surface area contributed by atoms with Gasteiger partial charge >= 0.3 is 0 Å². The highest BCUT2D eigenvalue weighted by Gasteiger charge is 2.39. The lowest BCUT2D eigenvalue weighted by Crippen LogP contribution is -2.46. The first-order chi connectivity index (χ1) is 11.8. The molecule has 1 aliphatic heterocycles. The molecule has 1 N–H and O–H groups in total. The number of nitrogens with zero attached hydrogens (tertiary/aromatic N) is 2. The zero-order valence-corrected chi connectivity index (χ0v) is 15.2. The molecule has 0 radical (unpaired) electrons. The van der Waals surface area contributed by atoms with Crippen molar-refractivity contribution in [2.45, 2.75) is 18.9 Å². The number of fused-ring (bicyclic) bond motifs is 1. The Hall–Kier alpha value is -2.19. The molecule has 3 aromatic rings. The minimum Gasteiger partial charge on any atom is -0.346 e. The molecular weight excluding hydrogens is 358 g/mol. The summed E-state index contributed by atoms with van der Waals surface area (Å²) in [5, 5.41) is 3.73. The Bertz CT molecular complexity index is 1050. The van der Waals surface area contributed by atoms with Crippen molar-refractivity contribution >= 4 is 37.3 Å². The number of thiazole rings is 1. The third kappa shape index (κ3) is 3.19. The summed E-state index contributed by atoms with van der Waals surface area (Å²) < 4.78 is 26.2. The van der Waals surface area contributed by atoms with Crippen LogP contribution in [-0.2, 0) is 9.84 Å². The molecule has 2 aromatic heterocycles. The summed E-state index contributed by atoms with van der Waals surface area (Å²) in [7, 11) is -3.06. The first kappa shape index (κ1) is 16.3. The second-order valence-corrected chi connectivity index (χ2v) is 9.82. The van der Waals surface area contributed by atoms with E-state index in [0.717, 1.165) is 15.3 Å². The first-order valence-electron chi connectivity index (χ1n) is 7.91. The minimum absolute atomic E-state index is 0.00762. The first-order valence-corrected chi connectivity index (χ1v) is 10.5. The smallest absolute Gasteiger partial charge is 0.251 e. The van der Waals surface area contributed by atoms with Crippen molar-refractivity contribution in [1.82, 2.24) is 14.9 Å². The van der Waals surface area contributed by atoms with E-state index in [2.05, 4.69) is 10.3 Å². The SMILES string of the molecule is C[C@@]1(NC(=O)c2ccc3nc(-n4cccc4)sc3c2)CCS(=O)(=O)C1. The zero-order valence-electron chi connectivity index (χ0n) is 13.6. The van der Waals surface area contributed by atoms with Crippen LogP contribution in [0.2, 0.25) is 0 Å². The molecule has 0 spiro atoms. The number of sulfone groups is 1. The van der Waals surface area contributed by atoms with Crippen LogP contribution in [0.15, 0.2) is 42.7 Å². The van der Waals surface area contributed by atoms with Crippen molar-refractivity contribution in [3.05, 3.63) is 48.3 Å². The Balaban J connectivity index is 1.60. The monoisotopic (exact) mass is 375 g/mol. The fourth-order valence-corrected chi connectivity index (χ4v) is 6.15. The van der Waals surface area contributed by atoms with E-state index in [1.807, 2.05) is 41.2 Å². The van der Waals surface area contributed by atoms with Gasteiger partial charge in [0, 0.05) is 18.0 Å². The van der Waals surface area contributed by atoms with Crippen molar-refractivity contribution in [3.8, 4) is 5.13 Å². The maximum absolute atomic E-state index is 12.6. The highest BCUT2D eigenvalue weighted by molar-refractivity contribution is 7.91. The number of carbonyl (C=O) groups excluding carboxylic acids is 1. The highest BCUT2D eigenvalue weighted by Crippen LogP contribution is 2.27. The normalized spacial score (nSPS) is 22.3. The quantitative estimate of drug-likeness (QED) is 0.762. The van der Waals surface area contributed by atoms with Crippen LogP contribution in [0.25, 0.3) is 15.3 Å². The predicted octanol–water partition coefficient (Wildman–Crippen LogP) is 2.39. The van der Waals surface area contributed by atoms with E-state index >= 15 is 0 Å². The molecule has 1 atom stereocenters. The average molecular weight is 375 g/mol. The van der Waals surface area contributed by atoms with Crippen molar-refractivity contribution in [2.75, 3.05) is 11.5 Å². The summed E-state index contributed by atoms with van der Waals surface area (Å²) in [5.41, 5.74) is 0.648. The Kier molecular flexibility index (Phi) is 3.69. The van der Waals surface area contributed by atoms with Gasteiger partial charge in [-0.25, -0.2) is 13.4 Å². The summed E-state index contributed by atoms with van der Waals surface area (Å²) >= 11 is 1.50. The van der Waals surface area contributed by atoms with Crippen LogP contribution in [0.3, 0.4) is 0 Å². The molecule has 1 aromatic carbocycles. The van der Waals surface area contributed by atoms with Gasteiger partial charge in [0.2, 0.25) is 0 Å². The zero-order chi connectivity index (χ0) is 17.7. The van der Waals surface area contributed by atoms with Crippen LogP contribution >= 0.6 is 11.3 Å². The van der Waals surface area contributed by atoms with Gasteiger partial charge in [0.15, 0.2) is 15.0 Å². The van der Waals surface area contributed by atoms with E-state index in [-0.39, 0.29) is 17.4 Å². The van der Waals surface area contributed by atoms with Gasteiger partial charge in [-0.1, -0.05) is 11.3 Å². The number of hydrogen-bond acceptors (Lipinski definition) is 5. The number of carbonyl (C=O) groups is 1. The molecule has 0 saturated carbocycles. The van der Waals surface area contributed by atoms with Gasteiger partial charge in [-0.3, -0.25) is 4.79 Å². The molecule has 1 fully saturated rings. The second kappa shape index (κ2) is 5.67. The van der Waals surface area contributed by atoms with Gasteiger partial charge in [0.05, 0.1) is 27.3 Å². The van der Waals surface area contributed by atoms with Gasteiger partial charge in [0.25, 0.3) is 5.91 Å². The minimum atomic E-state index is -3.06. The lowest BCUT2D eigenvalue weighted by atomic mass is 10.0. The number of aromatic nitrogens is 2. The van der Waals surface area contributed by atoms with Crippen LogP contribution in [0, 0.1) is 0 Å². The molecular formula is C17H17N3O3S2. The summed E-state index contributed by atoms with van der Waals surface area (Å²) in [6.45, 7) is 1.78. The molecule has 0 bridgehead atoms. The number of rotatable bonds is 3. The van der Waals surface area contributed by atoms with Crippen molar-refractivity contribution in [3.63, 3.8) is 0 Å². The topological polar surface area (TPSA) is 81.1 Å². The van der Waals surface area contributed by atoms with E-state index in [1.165, 1.54) is 11.3 Å². The molecule has 3 heterocycles. The molecule has 1 aliphatic rings. The standard InChI is InChI=1S/C17H17N3O3S2/c1-17(6-9-25(22,23)11-17)19-15(21)12-4-5-13-14(10-12)24-16(18-13)20-7-2-3-8-20/h2-5,7-8,10H,6,9,11H2,1H3,(H,19,21)/t17-/m1/s1. The van der Waals surface area contributed by atoms with Crippen molar-refractivity contribution in [1.29, 1.82) is 0 Å². The van der Waals surface area contributed by atoms with E-state index in [4.69, 9.17) is 0 Å². The van der Waals surface area contributed by atoms with Gasteiger partial charge < -0.3 is 9.88 Å². The molecule has 0 aliphatic carbocycles. The fourth-order valence-electron chi connectivity index (χ4n) is 3.08. The molecule has 130 valence electrons. The van der Waals surface area contributed by atoms with Gasteiger partial charge in [0.1, 0.15) is 0 Å². The number of nitrogens with one attached hydrogen (secondary N) is 1. The number of amides is 1. The van der Waals surface area contributed by atoms with Gasteiger partial charge in [-0.05, 0) is 43.7 Å². The third-order valence-corrected chi connectivity index (χ3v) is 7.32. The summed E-state index contributed by atoms with van der Waals surface area (Å²) in [6.07, 6.45) is 4.29. The van der Waals surface area contributed by atoms with Crippen LogP contribution in [0.1, 0.15) is 23.7 Å². The lowest BCUT2D eigenvalue weighted by Gasteiger charge is -2.23. The highest BCUT2D eigenvalue weighted by atomic mass is 32.2. The maximum Gasteiger partial charge on any atom is 0.251 e. The Morgan fingerprint density at radius 3 is 2.76 bits per heavy atom. The van der Waals surface area contributed by atoms with Crippen LogP contribution in [-0.4, -0.2) is 40.9 Å². The number of hydrogen-bond donors (Lipinski definition) is 1. The van der Waals surface area contributed by atoms with Gasteiger partial charge in [-0.15, -0.1) is 0 Å². The van der Waals surface area contributed by atoms with Crippen molar-refractivity contribution in [2.24, 2.45) is 0 Å². The number of benzene rings is 1. The Labute approximate surface area is 149 Å². The largest absolute Gasteiger partial charge is 0.346 e. The summed E-state index contributed by atoms with van der Waals surface area (Å²) in [4.78, 5) is 17.1. The second-order valence-electron chi connectivity index (χ2n) is 6.63. The van der Waals surface area contributed by atoms with E-state index in [1.54, 1.807) is 13.0 Å². The molecule has 25 heavy (non-hydrogen) atoms. The van der Waals surface area contributed by atoms with Crippen LogP contribution in [0.5, 0.6) is 0 Å². The van der Waals surface area contributed by atoms with Gasteiger partial charge in [-0.2, -0.15) is 0 Å². The Morgan fingerprint density at radius 2 is 2.08 bits per heavy atom. The molecule has 6 nitrogen and oxygen atoms in total. The molecule has 0 unspecified atom stereocenters. The molecule has 4 rings (SSSR count).